The molecule has 0 spiro atoms. The van der Waals surface area contributed by atoms with Gasteiger partial charge in [-0.25, -0.2) is 0 Å². The number of allylic oxidation sites excluding steroid dienone is 2. The third-order valence-corrected chi connectivity index (χ3v) is 5.75. The summed E-state index contributed by atoms with van der Waals surface area (Å²) in [6.07, 6.45) is -9.77. The monoisotopic (exact) mass is 659 g/mol. The van der Waals surface area contributed by atoms with Crippen LogP contribution in [0.3, 0.4) is 0 Å². The summed E-state index contributed by atoms with van der Waals surface area (Å²) in [6, 6.07) is 18.2. The van der Waals surface area contributed by atoms with Gasteiger partial charge < -0.3 is 10.1 Å². The van der Waals surface area contributed by atoms with E-state index in [1.165, 1.54) is 30.9 Å². The number of fused-ring (bicyclic) bond motifs is 3. The second-order valence-corrected chi connectivity index (χ2v) is 7.75. The van der Waals surface area contributed by atoms with E-state index in [4.69, 9.17) is 5.11 Å². The SMILES string of the molecule is O=C(/C=C(\O)C(F)(F)F)C(F)(F)F.[Ir].[c-]1cccc2c1c1nccc3sc4cccc2c4c31. The van der Waals surface area contributed by atoms with Gasteiger partial charge in [-0.3, -0.25) is 4.79 Å². The van der Waals surface area contributed by atoms with Crippen molar-refractivity contribution >= 4 is 59.0 Å². The minimum Gasteiger partial charge on any atom is -0.504 e. The first-order valence-electron chi connectivity index (χ1n) is 8.89. The van der Waals surface area contributed by atoms with Gasteiger partial charge in [-0.2, -0.15) is 26.3 Å². The van der Waals surface area contributed by atoms with Crippen molar-refractivity contribution in [2.75, 3.05) is 0 Å². The maximum Gasteiger partial charge on any atom is 0.454 e. The van der Waals surface area contributed by atoms with E-state index >= 15 is 0 Å². The number of halogens is 6. The fourth-order valence-corrected chi connectivity index (χ4v) is 4.45. The molecule has 2 heterocycles. The molecule has 0 unspecified atom stereocenters. The molecule has 0 saturated heterocycles. The normalized spacial score (nSPS) is 12.7. The quantitative estimate of drug-likeness (QED) is 0.0687. The van der Waals surface area contributed by atoms with E-state index in [0.717, 1.165) is 10.9 Å². The Morgan fingerprint density at radius 3 is 2.27 bits per heavy atom. The van der Waals surface area contributed by atoms with Crippen molar-refractivity contribution in [3.8, 4) is 0 Å². The first-order chi connectivity index (χ1) is 15.0. The van der Waals surface area contributed by atoms with Crippen molar-refractivity contribution in [3.05, 3.63) is 66.6 Å². The molecule has 5 rings (SSSR count). The van der Waals surface area contributed by atoms with Gasteiger partial charge in [-0.15, -0.1) is 41.0 Å². The van der Waals surface area contributed by atoms with Crippen molar-refractivity contribution in [2.24, 2.45) is 0 Å². The van der Waals surface area contributed by atoms with Gasteiger partial charge in [-0.05, 0) is 28.4 Å². The van der Waals surface area contributed by atoms with Crippen LogP contribution in [0.1, 0.15) is 0 Å². The molecule has 0 atom stereocenters. The second kappa shape index (κ2) is 8.89. The Balaban J connectivity index is 0.000000196. The number of aliphatic hydroxyl groups is 1. The zero-order chi connectivity index (χ0) is 23.3. The van der Waals surface area contributed by atoms with Crippen LogP contribution in [-0.2, 0) is 24.9 Å². The Kier molecular flexibility index (Phi) is 6.70. The topological polar surface area (TPSA) is 50.2 Å². The molecule has 0 aliphatic carbocycles. The van der Waals surface area contributed by atoms with Crippen LogP contribution in [0.25, 0.3) is 41.8 Å². The summed E-state index contributed by atoms with van der Waals surface area (Å²) < 4.78 is 70.7. The van der Waals surface area contributed by atoms with Crippen LogP contribution in [0.4, 0.5) is 26.3 Å². The minimum absolute atomic E-state index is 0. The van der Waals surface area contributed by atoms with Crippen LogP contribution >= 0.6 is 11.3 Å². The van der Waals surface area contributed by atoms with Crippen LogP contribution in [-0.4, -0.2) is 28.2 Å². The van der Waals surface area contributed by atoms with Gasteiger partial charge in [0.15, 0.2) is 0 Å². The average molecular weight is 659 g/mol. The Hall–Kier alpha value is -2.75. The Labute approximate surface area is 199 Å². The molecule has 0 saturated carbocycles. The predicted molar refractivity (Wildman–Crippen MR) is 110 cm³/mol. The fourth-order valence-electron chi connectivity index (χ4n) is 3.32. The largest absolute Gasteiger partial charge is 0.504 e. The molecule has 1 radical (unpaired) electrons. The molecule has 0 amide bonds. The molecule has 1 N–H and O–H groups in total. The van der Waals surface area contributed by atoms with Crippen LogP contribution in [0, 0.1) is 6.07 Å². The van der Waals surface area contributed by atoms with Crippen LogP contribution in [0.15, 0.2) is 60.5 Å². The molecular formula is C22H10F6IrNO2S-. The molecule has 11 heteroatoms. The van der Waals surface area contributed by atoms with Crippen molar-refractivity contribution in [1.29, 1.82) is 0 Å². The number of aliphatic hydroxyl groups excluding tert-OH is 1. The smallest absolute Gasteiger partial charge is 0.454 e. The Bertz CT molecular complexity index is 1410. The summed E-state index contributed by atoms with van der Waals surface area (Å²) in [7, 11) is 0. The standard InChI is InChI=1S/C17H8NS.C5H2F6O2.Ir/c1-2-5-12-10(4-1)11-6-3-7-13-15(11)16-14(19-13)8-9-18-17(12)16;6-4(7,8)2(12)1-3(13)5(9,10)11;/h1-4,6-9H;1,12H;/q-1;;/b;2-1-;. The van der Waals surface area contributed by atoms with E-state index in [0.29, 0.717) is 0 Å². The second-order valence-electron chi connectivity index (χ2n) is 6.66. The number of ketones is 1. The minimum atomic E-state index is -5.42. The number of benzene rings is 3. The fraction of sp³-hybridized carbons (Fsp3) is 0.0909. The van der Waals surface area contributed by atoms with E-state index in [9.17, 15) is 31.1 Å². The summed E-state index contributed by atoms with van der Waals surface area (Å²) in [5.74, 6) is -5.34. The van der Waals surface area contributed by atoms with Gasteiger partial charge in [0.05, 0.1) is 0 Å². The van der Waals surface area contributed by atoms with E-state index in [2.05, 4.69) is 47.4 Å². The summed E-state index contributed by atoms with van der Waals surface area (Å²) >= 11 is 1.85. The van der Waals surface area contributed by atoms with Gasteiger partial charge in [0.2, 0.25) is 5.76 Å². The number of carbonyl (C=O) groups excluding carboxylic acids is 1. The number of alkyl halides is 6. The molecule has 33 heavy (non-hydrogen) atoms. The van der Waals surface area contributed by atoms with Crippen LogP contribution < -0.4 is 0 Å². The molecule has 0 aliphatic rings. The summed E-state index contributed by atoms with van der Waals surface area (Å²) in [6.45, 7) is 0. The molecular weight excluding hydrogens is 649 g/mol. The molecule has 0 fully saturated rings. The first kappa shape index (κ1) is 24.9. The van der Waals surface area contributed by atoms with Gasteiger partial charge in [0.1, 0.15) is 0 Å². The molecule has 3 nitrogen and oxygen atoms in total. The zero-order valence-corrected chi connectivity index (χ0v) is 19.2. The molecule has 0 bridgehead atoms. The summed E-state index contributed by atoms with van der Waals surface area (Å²) in [4.78, 5) is 14.5. The average Bonchev–Trinajstić information content (AvgIpc) is 3.12. The Morgan fingerprint density at radius 2 is 1.61 bits per heavy atom. The van der Waals surface area contributed by atoms with E-state index in [-0.39, 0.29) is 20.1 Å². The number of pyridine rings is 1. The van der Waals surface area contributed by atoms with Crippen molar-refractivity contribution in [3.63, 3.8) is 0 Å². The third-order valence-electron chi connectivity index (χ3n) is 4.63. The number of nitrogens with zero attached hydrogens (tertiary/aromatic N) is 1. The molecule has 3 aromatic carbocycles. The van der Waals surface area contributed by atoms with E-state index in [1.54, 1.807) is 0 Å². The zero-order valence-electron chi connectivity index (χ0n) is 16.0. The third kappa shape index (κ3) is 4.66. The number of carbonyl (C=O) groups is 1. The molecule has 5 aromatic rings. The maximum atomic E-state index is 11.4. The van der Waals surface area contributed by atoms with Crippen molar-refractivity contribution in [1.82, 2.24) is 4.98 Å². The number of hydrogen-bond donors (Lipinski definition) is 1. The number of hydrogen-bond acceptors (Lipinski definition) is 4. The van der Waals surface area contributed by atoms with Gasteiger partial charge >= 0.3 is 12.4 Å². The van der Waals surface area contributed by atoms with Crippen molar-refractivity contribution < 1.29 is 56.3 Å². The van der Waals surface area contributed by atoms with Gasteiger partial charge in [0, 0.05) is 41.8 Å². The van der Waals surface area contributed by atoms with Crippen molar-refractivity contribution in [2.45, 2.75) is 12.4 Å². The van der Waals surface area contributed by atoms with E-state index in [1.807, 2.05) is 23.6 Å². The predicted octanol–water partition coefficient (Wildman–Crippen LogP) is 7.11. The van der Waals surface area contributed by atoms with Gasteiger partial charge in [0.25, 0.3) is 5.78 Å². The van der Waals surface area contributed by atoms with Crippen LogP contribution in [0.5, 0.6) is 0 Å². The summed E-state index contributed by atoms with van der Waals surface area (Å²) in [5.41, 5.74) is 1.08. The first-order valence-corrected chi connectivity index (χ1v) is 9.71. The summed E-state index contributed by atoms with van der Waals surface area (Å²) in [5, 5.41) is 14.3. The van der Waals surface area contributed by atoms with E-state index < -0.39 is 30.0 Å². The molecule has 2 aromatic heterocycles. The molecule has 173 valence electrons. The maximum absolute atomic E-state index is 11.4. The number of thiophene rings is 1. The number of aromatic nitrogens is 1. The van der Waals surface area contributed by atoms with Crippen LogP contribution in [0.2, 0.25) is 0 Å². The molecule has 0 aliphatic heterocycles. The number of rotatable bonds is 1. The Morgan fingerprint density at radius 1 is 0.939 bits per heavy atom. The van der Waals surface area contributed by atoms with Gasteiger partial charge in [-0.1, -0.05) is 22.9 Å².